The first-order valence-corrected chi connectivity index (χ1v) is 9.22. The molecule has 0 radical (unpaired) electrons. The highest BCUT2D eigenvalue weighted by Gasteiger charge is 2.14. The fourth-order valence-electron chi connectivity index (χ4n) is 2.20. The number of para-hydroxylation sites is 1. The Morgan fingerprint density at radius 1 is 0.760 bits per heavy atom. The highest BCUT2D eigenvalue weighted by atomic mass is 32.2. The molecule has 0 bridgehead atoms. The van der Waals surface area contributed by atoms with Gasteiger partial charge >= 0.3 is 0 Å². The molecule has 25 heavy (non-hydrogen) atoms. The van der Waals surface area contributed by atoms with Gasteiger partial charge in [-0.2, -0.15) is 8.42 Å². The molecular formula is C20H18O4S. The van der Waals surface area contributed by atoms with Crippen LogP contribution in [0.2, 0.25) is 0 Å². The molecule has 3 rings (SSSR count). The molecule has 0 fully saturated rings. The number of ether oxygens (including phenoxy) is 1. The Bertz CT molecular complexity index is 916. The van der Waals surface area contributed by atoms with Crippen molar-refractivity contribution in [3.05, 3.63) is 90.0 Å². The topological polar surface area (TPSA) is 52.6 Å². The van der Waals surface area contributed by atoms with E-state index in [1.54, 1.807) is 48.5 Å². The van der Waals surface area contributed by atoms with E-state index in [2.05, 4.69) is 0 Å². The molecule has 0 atom stereocenters. The third-order valence-corrected chi connectivity index (χ3v) is 4.87. The molecule has 128 valence electrons. The second kappa shape index (κ2) is 7.51. The summed E-state index contributed by atoms with van der Waals surface area (Å²) in [4.78, 5) is 0.155. The summed E-state index contributed by atoms with van der Waals surface area (Å²) < 4.78 is 35.2. The molecule has 5 heteroatoms. The summed E-state index contributed by atoms with van der Waals surface area (Å²) in [5, 5.41) is 0. The first kappa shape index (κ1) is 17.2. The van der Waals surface area contributed by atoms with Gasteiger partial charge in [0.05, 0.1) is 11.5 Å². The summed E-state index contributed by atoms with van der Waals surface area (Å²) >= 11 is 0. The quantitative estimate of drug-likeness (QED) is 0.603. The molecule has 0 aromatic heterocycles. The van der Waals surface area contributed by atoms with E-state index in [0.29, 0.717) is 5.75 Å². The van der Waals surface area contributed by atoms with Gasteiger partial charge in [0.25, 0.3) is 10.1 Å². The van der Waals surface area contributed by atoms with Gasteiger partial charge < -0.3 is 4.74 Å². The second-order valence-corrected chi connectivity index (χ2v) is 7.20. The molecule has 0 aliphatic heterocycles. The molecule has 0 aliphatic carbocycles. The number of rotatable bonds is 6. The van der Waals surface area contributed by atoms with Crippen LogP contribution in [0.1, 0.15) is 11.1 Å². The summed E-state index contributed by atoms with van der Waals surface area (Å²) in [6.07, 6.45) is 0. The first-order valence-electron chi connectivity index (χ1n) is 7.81. The number of hydrogen-bond acceptors (Lipinski definition) is 4. The Morgan fingerprint density at radius 3 is 2.00 bits per heavy atom. The van der Waals surface area contributed by atoms with Crippen LogP contribution in [-0.2, 0) is 20.9 Å². The van der Waals surface area contributed by atoms with Crippen LogP contribution < -0.4 is 4.74 Å². The van der Waals surface area contributed by atoms with E-state index in [0.717, 1.165) is 16.9 Å². The van der Waals surface area contributed by atoms with Crippen molar-refractivity contribution in [2.45, 2.75) is 18.4 Å². The lowest BCUT2D eigenvalue weighted by Gasteiger charge is -2.08. The summed E-state index contributed by atoms with van der Waals surface area (Å²) in [6.45, 7) is 1.87. The normalized spacial score (nSPS) is 11.2. The highest BCUT2D eigenvalue weighted by Crippen LogP contribution is 2.22. The van der Waals surface area contributed by atoms with Gasteiger partial charge in [-0.3, -0.25) is 4.18 Å². The van der Waals surface area contributed by atoms with Crippen molar-refractivity contribution in [2.75, 3.05) is 0 Å². The lowest BCUT2D eigenvalue weighted by Crippen LogP contribution is -2.06. The van der Waals surface area contributed by atoms with E-state index < -0.39 is 10.1 Å². The summed E-state index contributed by atoms with van der Waals surface area (Å²) in [5.74, 6) is 1.42. The molecule has 0 spiro atoms. The van der Waals surface area contributed by atoms with Crippen molar-refractivity contribution in [1.29, 1.82) is 0 Å². The zero-order valence-electron chi connectivity index (χ0n) is 13.8. The largest absolute Gasteiger partial charge is 0.457 e. The monoisotopic (exact) mass is 354 g/mol. The van der Waals surface area contributed by atoms with Gasteiger partial charge in [0.2, 0.25) is 0 Å². The molecular weight excluding hydrogens is 336 g/mol. The molecule has 0 unspecified atom stereocenters. The standard InChI is InChI=1S/C20H18O4S/c1-16-7-13-20(14-8-16)25(21,22)23-15-17-9-11-19(12-10-17)24-18-5-3-2-4-6-18/h2-14H,15H2,1H3. The third kappa shape index (κ3) is 4.68. The average molecular weight is 354 g/mol. The maximum Gasteiger partial charge on any atom is 0.297 e. The molecule has 0 heterocycles. The first-order chi connectivity index (χ1) is 12.0. The van der Waals surface area contributed by atoms with E-state index >= 15 is 0 Å². The minimum Gasteiger partial charge on any atom is -0.457 e. The van der Waals surface area contributed by atoms with Crippen molar-refractivity contribution in [3.8, 4) is 11.5 Å². The van der Waals surface area contributed by atoms with Crippen LogP contribution in [0.3, 0.4) is 0 Å². The third-order valence-electron chi connectivity index (χ3n) is 3.59. The Hall–Kier alpha value is -2.63. The zero-order chi connectivity index (χ0) is 17.7. The van der Waals surface area contributed by atoms with Crippen molar-refractivity contribution in [3.63, 3.8) is 0 Å². The maximum absolute atomic E-state index is 12.2. The van der Waals surface area contributed by atoms with E-state index in [4.69, 9.17) is 8.92 Å². The molecule has 0 amide bonds. The van der Waals surface area contributed by atoms with Gasteiger partial charge in [-0.1, -0.05) is 48.0 Å². The predicted octanol–water partition coefficient (Wildman–Crippen LogP) is 4.69. The highest BCUT2D eigenvalue weighted by molar-refractivity contribution is 7.86. The van der Waals surface area contributed by atoms with Gasteiger partial charge in [-0.05, 0) is 48.9 Å². The van der Waals surface area contributed by atoms with Crippen molar-refractivity contribution >= 4 is 10.1 Å². The lowest BCUT2D eigenvalue weighted by atomic mass is 10.2. The van der Waals surface area contributed by atoms with Crippen molar-refractivity contribution in [1.82, 2.24) is 0 Å². The Labute approximate surface area is 147 Å². The van der Waals surface area contributed by atoms with E-state index in [1.165, 1.54) is 0 Å². The van der Waals surface area contributed by atoms with E-state index in [-0.39, 0.29) is 11.5 Å². The van der Waals surface area contributed by atoms with Gasteiger partial charge in [0.15, 0.2) is 0 Å². The van der Waals surface area contributed by atoms with Crippen LogP contribution in [0.5, 0.6) is 11.5 Å². The molecule has 3 aromatic rings. The zero-order valence-corrected chi connectivity index (χ0v) is 14.6. The number of aryl methyl sites for hydroxylation is 1. The smallest absolute Gasteiger partial charge is 0.297 e. The molecule has 0 N–H and O–H groups in total. The SMILES string of the molecule is Cc1ccc(S(=O)(=O)OCc2ccc(Oc3ccccc3)cc2)cc1. The summed E-state index contributed by atoms with van der Waals surface area (Å²) in [6, 6.07) is 23.1. The number of benzene rings is 3. The van der Waals surface area contributed by atoms with Gasteiger partial charge in [0.1, 0.15) is 11.5 Å². The maximum atomic E-state index is 12.2. The number of hydrogen-bond donors (Lipinski definition) is 0. The molecule has 0 saturated heterocycles. The van der Waals surface area contributed by atoms with E-state index in [9.17, 15) is 8.42 Å². The van der Waals surface area contributed by atoms with Crippen molar-refractivity contribution in [2.24, 2.45) is 0 Å². The summed E-state index contributed by atoms with van der Waals surface area (Å²) in [7, 11) is -3.77. The van der Waals surface area contributed by atoms with E-state index in [1.807, 2.05) is 37.3 Å². The Morgan fingerprint density at radius 2 is 1.36 bits per heavy atom. The van der Waals surface area contributed by atoms with Gasteiger partial charge in [-0.25, -0.2) is 0 Å². The Balaban J connectivity index is 1.62. The second-order valence-electron chi connectivity index (χ2n) is 5.59. The van der Waals surface area contributed by atoms with Gasteiger partial charge in [-0.15, -0.1) is 0 Å². The molecule has 3 aromatic carbocycles. The fraction of sp³-hybridized carbons (Fsp3) is 0.100. The fourth-order valence-corrected chi connectivity index (χ4v) is 3.09. The predicted molar refractivity (Wildman–Crippen MR) is 96.1 cm³/mol. The molecule has 4 nitrogen and oxygen atoms in total. The van der Waals surface area contributed by atoms with Crippen LogP contribution in [0.4, 0.5) is 0 Å². The lowest BCUT2D eigenvalue weighted by molar-refractivity contribution is 0.308. The summed E-state index contributed by atoms with van der Waals surface area (Å²) in [5.41, 5.74) is 1.74. The minimum absolute atomic E-state index is 0.0260. The van der Waals surface area contributed by atoms with Crippen LogP contribution >= 0.6 is 0 Å². The minimum atomic E-state index is -3.77. The van der Waals surface area contributed by atoms with Crippen LogP contribution in [-0.4, -0.2) is 8.42 Å². The van der Waals surface area contributed by atoms with Crippen LogP contribution in [0.15, 0.2) is 83.8 Å². The van der Waals surface area contributed by atoms with Crippen molar-refractivity contribution < 1.29 is 17.3 Å². The van der Waals surface area contributed by atoms with Gasteiger partial charge in [0, 0.05) is 0 Å². The van der Waals surface area contributed by atoms with Crippen LogP contribution in [0, 0.1) is 6.92 Å². The van der Waals surface area contributed by atoms with Crippen LogP contribution in [0.25, 0.3) is 0 Å². The Kier molecular flexibility index (Phi) is 5.16. The molecule has 0 saturated carbocycles. The average Bonchev–Trinajstić information content (AvgIpc) is 2.62. The molecule has 0 aliphatic rings.